The highest BCUT2D eigenvalue weighted by Gasteiger charge is 2.00. The summed E-state index contributed by atoms with van der Waals surface area (Å²) in [6, 6.07) is 1.05. The summed E-state index contributed by atoms with van der Waals surface area (Å²) in [6.45, 7) is 0. The van der Waals surface area contributed by atoms with Gasteiger partial charge in [-0.05, 0) is 0 Å². The van der Waals surface area contributed by atoms with E-state index in [0.717, 1.165) is 6.07 Å². The summed E-state index contributed by atoms with van der Waals surface area (Å²) in [5.41, 5.74) is -0.400. The second-order valence-corrected chi connectivity index (χ2v) is 2.02. The quantitative estimate of drug-likeness (QED) is 0.513. The van der Waals surface area contributed by atoms with E-state index in [-0.39, 0.29) is 11.7 Å². The van der Waals surface area contributed by atoms with Gasteiger partial charge in [0.15, 0.2) is 0 Å². The molecular weight excluding hydrogens is 148 g/mol. The Morgan fingerprint density at radius 3 is 3.27 bits per heavy atom. The lowest BCUT2D eigenvalue weighted by molar-refractivity contribution is 0.443. The SMILES string of the molecule is O=c1cc(O)n2cnnc2[nH]1. The van der Waals surface area contributed by atoms with E-state index in [1.54, 1.807) is 0 Å². The van der Waals surface area contributed by atoms with Crippen molar-refractivity contribution in [3.63, 3.8) is 0 Å². The number of aromatic nitrogens is 4. The molecule has 6 heteroatoms. The van der Waals surface area contributed by atoms with E-state index in [2.05, 4.69) is 15.2 Å². The number of H-pyrrole nitrogens is 1. The fourth-order valence-electron chi connectivity index (χ4n) is 0.821. The number of aromatic amines is 1. The molecule has 56 valence electrons. The molecule has 0 aliphatic rings. The Kier molecular flexibility index (Phi) is 0.974. The zero-order valence-electron chi connectivity index (χ0n) is 5.35. The van der Waals surface area contributed by atoms with Crippen LogP contribution in [0.15, 0.2) is 17.2 Å². The van der Waals surface area contributed by atoms with E-state index >= 15 is 0 Å². The maximum atomic E-state index is 10.7. The van der Waals surface area contributed by atoms with Gasteiger partial charge in [0, 0.05) is 0 Å². The standard InChI is InChI=1S/C5H4N4O2/c10-3-1-4(11)9-2-6-8-5(9)7-3/h1-2,11H,(H,7,8,10). The topological polar surface area (TPSA) is 83.3 Å². The maximum absolute atomic E-state index is 10.7. The summed E-state index contributed by atoms with van der Waals surface area (Å²) < 4.78 is 1.27. The number of hydrogen-bond donors (Lipinski definition) is 2. The van der Waals surface area contributed by atoms with Gasteiger partial charge in [0.05, 0.1) is 6.07 Å². The van der Waals surface area contributed by atoms with Gasteiger partial charge in [-0.25, -0.2) is 4.40 Å². The predicted octanol–water partition coefficient (Wildman–Crippen LogP) is -0.877. The molecule has 0 aliphatic heterocycles. The van der Waals surface area contributed by atoms with Crippen LogP contribution >= 0.6 is 0 Å². The van der Waals surface area contributed by atoms with Gasteiger partial charge in [-0.1, -0.05) is 0 Å². The van der Waals surface area contributed by atoms with Crippen molar-refractivity contribution in [2.24, 2.45) is 0 Å². The number of nitrogens with zero attached hydrogens (tertiary/aromatic N) is 3. The van der Waals surface area contributed by atoms with Crippen LogP contribution in [0.4, 0.5) is 0 Å². The zero-order valence-corrected chi connectivity index (χ0v) is 5.35. The van der Waals surface area contributed by atoms with Crippen LogP contribution in [0.5, 0.6) is 5.88 Å². The Labute approximate surface area is 60.1 Å². The number of rotatable bonds is 0. The van der Waals surface area contributed by atoms with E-state index in [9.17, 15) is 4.79 Å². The molecule has 11 heavy (non-hydrogen) atoms. The molecule has 0 amide bonds. The van der Waals surface area contributed by atoms with Gasteiger partial charge >= 0.3 is 0 Å². The molecule has 0 unspecified atom stereocenters. The molecule has 0 radical (unpaired) electrons. The smallest absolute Gasteiger partial charge is 0.256 e. The minimum atomic E-state index is -0.400. The van der Waals surface area contributed by atoms with Crippen LogP contribution in [-0.4, -0.2) is 24.7 Å². The van der Waals surface area contributed by atoms with Crippen LogP contribution in [0.1, 0.15) is 0 Å². The molecule has 0 bridgehead atoms. The molecule has 2 rings (SSSR count). The summed E-state index contributed by atoms with van der Waals surface area (Å²) in [7, 11) is 0. The Bertz CT molecular complexity index is 443. The lowest BCUT2D eigenvalue weighted by Crippen LogP contribution is -2.06. The van der Waals surface area contributed by atoms with Gasteiger partial charge in [-0.3, -0.25) is 9.78 Å². The van der Waals surface area contributed by atoms with Crippen LogP contribution < -0.4 is 5.56 Å². The molecule has 0 aliphatic carbocycles. The molecule has 0 saturated heterocycles. The number of aromatic hydroxyl groups is 1. The molecule has 0 saturated carbocycles. The largest absolute Gasteiger partial charge is 0.494 e. The van der Waals surface area contributed by atoms with Crippen LogP contribution in [0, 0.1) is 0 Å². The Balaban J connectivity index is 3.02. The van der Waals surface area contributed by atoms with Gasteiger partial charge in [-0.15, -0.1) is 10.2 Å². The molecule has 6 nitrogen and oxygen atoms in total. The fraction of sp³-hybridized carbons (Fsp3) is 0. The molecule has 0 atom stereocenters. The summed E-state index contributed by atoms with van der Waals surface area (Å²) in [4.78, 5) is 13.1. The molecule has 2 aromatic rings. The van der Waals surface area contributed by atoms with E-state index in [1.807, 2.05) is 0 Å². The molecule has 2 N–H and O–H groups in total. The zero-order chi connectivity index (χ0) is 7.84. The van der Waals surface area contributed by atoms with E-state index in [1.165, 1.54) is 10.7 Å². The summed E-state index contributed by atoms with van der Waals surface area (Å²) in [6.07, 6.45) is 1.31. The van der Waals surface area contributed by atoms with Crippen molar-refractivity contribution in [3.05, 3.63) is 22.7 Å². The van der Waals surface area contributed by atoms with E-state index < -0.39 is 5.56 Å². The number of hydrogen-bond acceptors (Lipinski definition) is 4. The van der Waals surface area contributed by atoms with Gasteiger partial charge in [0.25, 0.3) is 5.56 Å². The van der Waals surface area contributed by atoms with Crippen molar-refractivity contribution in [1.29, 1.82) is 0 Å². The first kappa shape index (κ1) is 5.90. The lowest BCUT2D eigenvalue weighted by Gasteiger charge is -1.92. The second kappa shape index (κ2) is 1.82. The first-order chi connectivity index (χ1) is 5.27. The lowest BCUT2D eigenvalue weighted by atomic mass is 10.6. The number of nitrogens with one attached hydrogen (secondary N) is 1. The van der Waals surface area contributed by atoms with Crippen LogP contribution in [-0.2, 0) is 0 Å². The third-order valence-corrected chi connectivity index (χ3v) is 1.29. The highest BCUT2D eigenvalue weighted by atomic mass is 16.3. The third kappa shape index (κ3) is 0.759. The average molecular weight is 152 g/mol. The monoisotopic (exact) mass is 152 g/mol. The molecule has 2 heterocycles. The minimum Gasteiger partial charge on any atom is -0.494 e. The van der Waals surface area contributed by atoms with Crippen molar-refractivity contribution < 1.29 is 5.11 Å². The van der Waals surface area contributed by atoms with Gasteiger partial charge < -0.3 is 5.11 Å². The maximum Gasteiger partial charge on any atom is 0.256 e. The van der Waals surface area contributed by atoms with Crippen molar-refractivity contribution in [3.8, 4) is 5.88 Å². The molecule has 0 fully saturated rings. The second-order valence-electron chi connectivity index (χ2n) is 2.02. The summed E-state index contributed by atoms with van der Waals surface area (Å²) >= 11 is 0. The fourth-order valence-corrected chi connectivity index (χ4v) is 0.821. The molecule has 2 aromatic heterocycles. The Hall–Kier alpha value is -1.85. The van der Waals surface area contributed by atoms with Gasteiger partial charge in [-0.2, -0.15) is 0 Å². The highest BCUT2D eigenvalue weighted by molar-refractivity contribution is 5.29. The Morgan fingerprint density at radius 2 is 2.45 bits per heavy atom. The molecule has 0 spiro atoms. The Morgan fingerprint density at radius 1 is 1.64 bits per heavy atom. The van der Waals surface area contributed by atoms with Gasteiger partial charge in [0.2, 0.25) is 11.7 Å². The van der Waals surface area contributed by atoms with Gasteiger partial charge in [0.1, 0.15) is 6.33 Å². The normalized spacial score (nSPS) is 10.5. The van der Waals surface area contributed by atoms with E-state index in [0.29, 0.717) is 0 Å². The highest BCUT2D eigenvalue weighted by Crippen LogP contribution is 2.03. The number of fused-ring (bicyclic) bond motifs is 1. The summed E-state index contributed by atoms with van der Waals surface area (Å²) in [5, 5.41) is 16.1. The molecular formula is C5H4N4O2. The van der Waals surface area contributed by atoms with Crippen LogP contribution in [0.2, 0.25) is 0 Å². The average Bonchev–Trinajstić information content (AvgIpc) is 2.34. The van der Waals surface area contributed by atoms with Crippen LogP contribution in [0.3, 0.4) is 0 Å². The minimum absolute atomic E-state index is 0.172. The predicted molar refractivity (Wildman–Crippen MR) is 35.3 cm³/mol. The first-order valence-electron chi connectivity index (χ1n) is 2.89. The molecule has 0 aromatic carbocycles. The summed E-state index contributed by atoms with van der Waals surface area (Å²) in [5.74, 6) is 0.0590. The van der Waals surface area contributed by atoms with E-state index in [4.69, 9.17) is 5.11 Å². The van der Waals surface area contributed by atoms with Crippen molar-refractivity contribution in [1.82, 2.24) is 19.6 Å². The first-order valence-corrected chi connectivity index (χ1v) is 2.89. The third-order valence-electron chi connectivity index (χ3n) is 1.29. The van der Waals surface area contributed by atoms with Crippen LogP contribution in [0.25, 0.3) is 5.78 Å². The van der Waals surface area contributed by atoms with Crippen molar-refractivity contribution in [2.45, 2.75) is 0 Å². The van der Waals surface area contributed by atoms with Crippen molar-refractivity contribution >= 4 is 5.78 Å². The van der Waals surface area contributed by atoms with Crippen molar-refractivity contribution in [2.75, 3.05) is 0 Å².